The quantitative estimate of drug-likeness (QED) is 0.829. The third-order valence-corrected chi connectivity index (χ3v) is 7.50. The lowest BCUT2D eigenvalue weighted by atomic mass is 9.73. The van der Waals surface area contributed by atoms with E-state index in [1.54, 1.807) is 0 Å². The molecule has 1 N–H and O–H groups in total. The zero-order chi connectivity index (χ0) is 18.3. The number of ether oxygens (including phenoxy) is 1. The highest BCUT2D eigenvalue weighted by Gasteiger charge is 2.63. The molecule has 2 bridgehead atoms. The summed E-state index contributed by atoms with van der Waals surface area (Å²) in [7, 11) is 0. The Bertz CT molecular complexity index is 673. The number of aromatic nitrogens is 1. The molecule has 1 aromatic rings. The fourth-order valence-corrected chi connectivity index (χ4v) is 6.08. The second kappa shape index (κ2) is 7.08. The van der Waals surface area contributed by atoms with Gasteiger partial charge in [0.25, 0.3) is 0 Å². The van der Waals surface area contributed by atoms with E-state index in [1.807, 2.05) is 12.3 Å². The van der Waals surface area contributed by atoms with Crippen molar-refractivity contribution in [2.75, 3.05) is 24.5 Å². The van der Waals surface area contributed by atoms with Gasteiger partial charge < -0.3 is 15.0 Å². The second-order valence-corrected chi connectivity index (χ2v) is 9.03. The van der Waals surface area contributed by atoms with Crippen LogP contribution in [0.1, 0.15) is 51.4 Å². The van der Waals surface area contributed by atoms with Crippen LogP contribution in [0.4, 0.5) is 5.82 Å². The van der Waals surface area contributed by atoms with Gasteiger partial charge in [-0.15, -0.1) is 0 Å². The summed E-state index contributed by atoms with van der Waals surface area (Å²) in [5, 5.41) is 3.32. The summed E-state index contributed by atoms with van der Waals surface area (Å²) in [6.45, 7) is 2.72. The van der Waals surface area contributed by atoms with Gasteiger partial charge >= 0.3 is 0 Å². The smallest absolute Gasteiger partial charge is 0.223 e. The first kappa shape index (κ1) is 17.5. The molecule has 27 heavy (non-hydrogen) atoms. The number of hydrogen-bond donors (Lipinski definition) is 1. The van der Waals surface area contributed by atoms with Crippen LogP contribution in [0.25, 0.3) is 0 Å². The van der Waals surface area contributed by atoms with Crippen LogP contribution in [0.3, 0.4) is 0 Å². The van der Waals surface area contributed by atoms with E-state index in [2.05, 4.69) is 27.3 Å². The van der Waals surface area contributed by atoms with Crippen LogP contribution < -0.4 is 10.2 Å². The summed E-state index contributed by atoms with van der Waals surface area (Å²) in [5.74, 6) is 2.52. The first-order valence-electron chi connectivity index (χ1n) is 10.9. The monoisotopic (exact) mass is 369 g/mol. The number of nitrogens with one attached hydrogen (secondary N) is 1. The molecule has 4 atom stereocenters. The van der Waals surface area contributed by atoms with Crippen molar-refractivity contribution in [3.63, 3.8) is 0 Å². The summed E-state index contributed by atoms with van der Waals surface area (Å²) in [4.78, 5) is 19.6. The topological polar surface area (TPSA) is 54.5 Å². The Balaban J connectivity index is 1.24. The number of hydrogen-bond acceptors (Lipinski definition) is 4. The molecule has 1 aliphatic carbocycles. The molecule has 4 aliphatic rings. The van der Waals surface area contributed by atoms with Gasteiger partial charge in [-0.05, 0) is 37.8 Å². The van der Waals surface area contributed by atoms with Crippen LogP contribution >= 0.6 is 0 Å². The minimum atomic E-state index is -0.0140. The van der Waals surface area contributed by atoms with Crippen molar-refractivity contribution in [3.8, 4) is 0 Å². The van der Waals surface area contributed by atoms with E-state index in [0.717, 1.165) is 51.1 Å². The third-order valence-electron chi connectivity index (χ3n) is 7.50. The number of rotatable bonds is 4. The number of carbonyl (C=O) groups excluding carboxylic acids is 1. The maximum atomic E-state index is 12.7. The maximum absolute atomic E-state index is 12.7. The molecule has 1 aromatic heterocycles. The predicted octanol–water partition coefficient (Wildman–Crippen LogP) is 3.15. The molecule has 4 heterocycles. The predicted molar refractivity (Wildman–Crippen MR) is 104 cm³/mol. The summed E-state index contributed by atoms with van der Waals surface area (Å²) >= 11 is 0. The molecule has 0 unspecified atom stereocenters. The highest BCUT2D eigenvalue weighted by Crippen LogP contribution is 2.55. The fraction of sp³-hybridized carbons (Fsp3) is 0.727. The van der Waals surface area contributed by atoms with Crippen molar-refractivity contribution < 1.29 is 9.53 Å². The minimum Gasteiger partial charge on any atom is -0.369 e. The van der Waals surface area contributed by atoms with Crippen LogP contribution in [0, 0.1) is 17.8 Å². The Morgan fingerprint density at radius 3 is 2.85 bits per heavy atom. The van der Waals surface area contributed by atoms with Crippen molar-refractivity contribution in [2.45, 2.75) is 63.1 Å². The first-order valence-corrected chi connectivity index (χ1v) is 10.9. The van der Waals surface area contributed by atoms with E-state index >= 15 is 0 Å². The van der Waals surface area contributed by atoms with Gasteiger partial charge in [0.2, 0.25) is 5.91 Å². The van der Waals surface area contributed by atoms with Crippen LogP contribution in [0.5, 0.6) is 0 Å². The third kappa shape index (κ3) is 3.14. The highest BCUT2D eigenvalue weighted by molar-refractivity contribution is 5.78. The van der Waals surface area contributed by atoms with Crippen molar-refractivity contribution in [1.29, 1.82) is 0 Å². The zero-order valence-electron chi connectivity index (χ0n) is 16.1. The average Bonchev–Trinajstić information content (AvgIpc) is 3.28. The number of fused-ring (bicyclic) bond motifs is 1. The molecule has 5 nitrogen and oxygen atoms in total. The molecule has 146 valence electrons. The summed E-state index contributed by atoms with van der Waals surface area (Å²) in [6, 6.07) is 6.11. The lowest BCUT2D eigenvalue weighted by Crippen LogP contribution is -2.43. The molecule has 5 rings (SSSR count). The van der Waals surface area contributed by atoms with Gasteiger partial charge in [-0.3, -0.25) is 4.79 Å². The minimum absolute atomic E-state index is 0.0140. The molecule has 5 heteroatoms. The molecular formula is C22H31N3O2. The first-order chi connectivity index (χ1) is 13.3. The zero-order valence-corrected chi connectivity index (χ0v) is 16.1. The molecular weight excluding hydrogens is 338 g/mol. The molecule has 0 radical (unpaired) electrons. The molecule has 1 saturated carbocycles. The Morgan fingerprint density at radius 1 is 1.22 bits per heavy atom. The van der Waals surface area contributed by atoms with E-state index in [4.69, 9.17) is 4.74 Å². The van der Waals surface area contributed by atoms with Crippen LogP contribution in [-0.4, -0.2) is 42.2 Å². The number of pyridine rings is 1. The number of amides is 1. The van der Waals surface area contributed by atoms with Crippen molar-refractivity contribution in [2.24, 2.45) is 17.8 Å². The normalized spacial score (nSPS) is 35.9. The van der Waals surface area contributed by atoms with E-state index in [-0.39, 0.29) is 17.4 Å². The van der Waals surface area contributed by atoms with Crippen LogP contribution in [0.2, 0.25) is 0 Å². The average molecular weight is 370 g/mol. The van der Waals surface area contributed by atoms with Gasteiger partial charge in [0, 0.05) is 43.6 Å². The standard InChI is InChI=1S/C22H31N3O2/c26-21(16-7-3-1-2-4-8-16)24-13-17-18-14-25(20-9-5-6-12-23-20)15-22(18)11-10-19(17)27-22/h5-6,9,12,16-19H,1-4,7-8,10-11,13-15H2,(H,24,26)/t17-,18+,19+,22+/m0/s1. The van der Waals surface area contributed by atoms with E-state index in [0.29, 0.717) is 17.9 Å². The largest absolute Gasteiger partial charge is 0.369 e. The van der Waals surface area contributed by atoms with Crippen LogP contribution in [-0.2, 0) is 9.53 Å². The maximum Gasteiger partial charge on any atom is 0.223 e. The molecule has 4 fully saturated rings. The van der Waals surface area contributed by atoms with Gasteiger partial charge in [0.15, 0.2) is 0 Å². The Hall–Kier alpha value is -1.62. The van der Waals surface area contributed by atoms with Gasteiger partial charge in [-0.2, -0.15) is 0 Å². The Kier molecular flexibility index (Phi) is 4.58. The Morgan fingerprint density at radius 2 is 2.07 bits per heavy atom. The van der Waals surface area contributed by atoms with E-state index < -0.39 is 0 Å². The van der Waals surface area contributed by atoms with Gasteiger partial charge in [0.05, 0.1) is 11.7 Å². The molecule has 1 spiro atoms. The number of anilines is 1. The number of nitrogens with zero attached hydrogens (tertiary/aromatic N) is 2. The van der Waals surface area contributed by atoms with E-state index in [9.17, 15) is 4.79 Å². The molecule has 0 aromatic carbocycles. The van der Waals surface area contributed by atoms with Gasteiger partial charge in [-0.1, -0.05) is 31.7 Å². The summed E-state index contributed by atoms with van der Waals surface area (Å²) < 4.78 is 6.53. The fourth-order valence-electron chi connectivity index (χ4n) is 6.08. The van der Waals surface area contributed by atoms with Gasteiger partial charge in [-0.25, -0.2) is 4.98 Å². The second-order valence-electron chi connectivity index (χ2n) is 9.03. The lowest BCUT2D eigenvalue weighted by molar-refractivity contribution is -0.125. The van der Waals surface area contributed by atoms with E-state index in [1.165, 1.54) is 25.7 Å². The number of carbonyl (C=O) groups is 1. The van der Waals surface area contributed by atoms with Crippen molar-refractivity contribution in [3.05, 3.63) is 24.4 Å². The Labute approximate surface area is 161 Å². The van der Waals surface area contributed by atoms with Gasteiger partial charge in [0.1, 0.15) is 5.82 Å². The summed E-state index contributed by atoms with van der Waals surface area (Å²) in [6.07, 6.45) is 11.6. The SMILES string of the molecule is O=C(NC[C@H]1[C@H]2CN(c3ccccn3)C[C@]23CC[C@H]1O3)C1CCCCCC1. The highest BCUT2D eigenvalue weighted by atomic mass is 16.5. The lowest BCUT2D eigenvalue weighted by Gasteiger charge is -2.29. The molecule has 1 amide bonds. The van der Waals surface area contributed by atoms with Crippen molar-refractivity contribution in [1.82, 2.24) is 10.3 Å². The van der Waals surface area contributed by atoms with Crippen LogP contribution in [0.15, 0.2) is 24.4 Å². The summed E-state index contributed by atoms with van der Waals surface area (Å²) in [5.41, 5.74) is -0.0140. The molecule has 3 saturated heterocycles. The van der Waals surface area contributed by atoms with Crippen molar-refractivity contribution >= 4 is 11.7 Å². The molecule has 3 aliphatic heterocycles.